The van der Waals surface area contributed by atoms with Gasteiger partial charge in [0.05, 0.1) is 0 Å². The molecule has 0 unspecified atom stereocenters. The lowest BCUT2D eigenvalue weighted by molar-refractivity contribution is 0.293. The van der Waals surface area contributed by atoms with Crippen molar-refractivity contribution in [2.75, 3.05) is 11.9 Å². The summed E-state index contributed by atoms with van der Waals surface area (Å²) in [7, 11) is 0. The van der Waals surface area contributed by atoms with Gasteiger partial charge in [0.2, 0.25) is 5.88 Å². The summed E-state index contributed by atoms with van der Waals surface area (Å²) in [6, 6.07) is 5.96. The van der Waals surface area contributed by atoms with Crippen LogP contribution >= 0.6 is 11.3 Å². The highest BCUT2D eigenvalue weighted by atomic mass is 32.1. The zero-order valence-electron chi connectivity index (χ0n) is 13.1. The van der Waals surface area contributed by atoms with Gasteiger partial charge in [0.1, 0.15) is 18.2 Å². The number of nitrogens with zero attached hydrogens (tertiary/aromatic N) is 2. The molecule has 0 radical (unpaired) electrons. The van der Waals surface area contributed by atoms with E-state index >= 15 is 0 Å². The molecule has 114 valence electrons. The summed E-state index contributed by atoms with van der Waals surface area (Å²) in [6.07, 6.45) is 1.06. The lowest BCUT2D eigenvalue weighted by Crippen LogP contribution is -2.18. The largest absolute Gasteiger partial charge is 0.472 e. The number of nitrogens with one attached hydrogen (secondary N) is 1. The predicted octanol–water partition coefficient (Wildman–Crippen LogP) is 4.24. The van der Waals surface area contributed by atoms with E-state index in [1.54, 1.807) is 11.3 Å². The number of thiophene rings is 1. The van der Waals surface area contributed by atoms with E-state index in [4.69, 9.17) is 4.74 Å². The second kappa shape index (κ2) is 6.89. The zero-order valence-corrected chi connectivity index (χ0v) is 14.0. The maximum atomic E-state index is 5.83. The van der Waals surface area contributed by atoms with Gasteiger partial charge >= 0.3 is 0 Å². The Balaban J connectivity index is 2.17. The topological polar surface area (TPSA) is 47.0 Å². The highest BCUT2D eigenvalue weighted by Crippen LogP contribution is 2.24. The lowest BCUT2D eigenvalue weighted by Gasteiger charge is -2.19. The van der Waals surface area contributed by atoms with Gasteiger partial charge in [-0.15, -0.1) is 11.3 Å². The van der Waals surface area contributed by atoms with Gasteiger partial charge in [-0.3, -0.25) is 0 Å². The molecular formula is C16H23N3OS. The number of aromatic nitrogens is 2. The Morgan fingerprint density at radius 3 is 2.71 bits per heavy atom. The van der Waals surface area contributed by atoms with Crippen LogP contribution in [0.15, 0.2) is 23.6 Å². The Kier molecular flexibility index (Phi) is 5.17. The molecule has 0 aliphatic rings. The van der Waals surface area contributed by atoms with Gasteiger partial charge in [0, 0.05) is 22.9 Å². The highest BCUT2D eigenvalue weighted by molar-refractivity contribution is 7.09. The summed E-state index contributed by atoms with van der Waals surface area (Å²) in [6.45, 7) is 9.89. The van der Waals surface area contributed by atoms with E-state index in [2.05, 4.69) is 49.0 Å². The average molecular weight is 305 g/mol. The van der Waals surface area contributed by atoms with Crippen LogP contribution in [0.2, 0.25) is 0 Å². The van der Waals surface area contributed by atoms with Crippen LogP contribution in [0, 0.1) is 0 Å². The third-order valence-electron chi connectivity index (χ3n) is 2.87. The Labute approximate surface area is 130 Å². The van der Waals surface area contributed by atoms with E-state index in [0.717, 1.165) is 24.6 Å². The first-order valence-corrected chi connectivity index (χ1v) is 8.15. The molecule has 0 spiro atoms. The molecule has 0 saturated heterocycles. The second-order valence-corrected chi connectivity index (χ2v) is 6.99. The van der Waals surface area contributed by atoms with Crippen LogP contribution < -0.4 is 10.1 Å². The molecular weight excluding hydrogens is 282 g/mol. The van der Waals surface area contributed by atoms with Crippen molar-refractivity contribution >= 4 is 17.2 Å². The molecule has 0 atom stereocenters. The molecule has 0 bridgehead atoms. The van der Waals surface area contributed by atoms with Crippen molar-refractivity contribution in [3.8, 4) is 5.88 Å². The highest BCUT2D eigenvalue weighted by Gasteiger charge is 2.19. The molecule has 0 aliphatic carbocycles. The van der Waals surface area contributed by atoms with Gasteiger partial charge in [0.25, 0.3) is 0 Å². The van der Waals surface area contributed by atoms with Gasteiger partial charge in [-0.2, -0.15) is 4.98 Å². The van der Waals surface area contributed by atoms with Crippen LogP contribution in [0.1, 0.15) is 44.8 Å². The van der Waals surface area contributed by atoms with Crippen LogP contribution in [0.3, 0.4) is 0 Å². The van der Waals surface area contributed by atoms with Crippen molar-refractivity contribution in [3.63, 3.8) is 0 Å². The molecule has 0 aliphatic heterocycles. The Morgan fingerprint density at radius 1 is 1.29 bits per heavy atom. The van der Waals surface area contributed by atoms with E-state index in [9.17, 15) is 0 Å². The standard InChI is InChI=1S/C16H23N3OS/c1-5-8-17-13-10-14(19-15(18-13)16(2,3)4)20-11-12-7-6-9-21-12/h6-7,9-10H,5,8,11H2,1-4H3,(H,17,18,19). The number of hydrogen-bond acceptors (Lipinski definition) is 5. The van der Waals surface area contributed by atoms with Gasteiger partial charge < -0.3 is 10.1 Å². The average Bonchev–Trinajstić information content (AvgIpc) is 2.95. The molecule has 5 heteroatoms. The fraction of sp³-hybridized carbons (Fsp3) is 0.500. The minimum absolute atomic E-state index is 0.106. The summed E-state index contributed by atoms with van der Waals surface area (Å²) in [4.78, 5) is 10.3. The smallest absolute Gasteiger partial charge is 0.219 e. The van der Waals surface area contributed by atoms with E-state index in [1.807, 2.05) is 17.5 Å². The summed E-state index contributed by atoms with van der Waals surface area (Å²) < 4.78 is 5.83. The molecule has 2 aromatic heterocycles. The minimum atomic E-state index is -0.106. The zero-order chi connectivity index (χ0) is 15.3. The first-order chi connectivity index (χ1) is 9.99. The predicted molar refractivity (Wildman–Crippen MR) is 88.2 cm³/mol. The van der Waals surface area contributed by atoms with Crippen molar-refractivity contribution in [2.24, 2.45) is 0 Å². The molecule has 2 heterocycles. The molecule has 2 rings (SSSR count). The Hall–Kier alpha value is -1.62. The van der Waals surface area contributed by atoms with Crippen molar-refractivity contribution in [1.29, 1.82) is 0 Å². The van der Waals surface area contributed by atoms with E-state index in [-0.39, 0.29) is 5.41 Å². The summed E-state index contributed by atoms with van der Waals surface area (Å²) >= 11 is 1.69. The summed E-state index contributed by atoms with van der Waals surface area (Å²) in [5, 5.41) is 5.36. The molecule has 0 amide bonds. The first kappa shape index (κ1) is 15.8. The summed E-state index contributed by atoms with van der Waals surface area (Å²) in [5.74, 6) is 2.25. The minimum Gasteiger partial charge on any atom is -0.472 e. The molecule has 4 nitrogen and oxygen atoms in total. The number of ether oxygens (including phenoxy) is 1. The van der Waals surface area contributed by atoms with Gasteiger partial charge in [-0.25, -0.2) is 4.98 Å². The maximum absolute atomic E-state index is 5.83. The van der Waals surface area contributed by atoms with Crippen LogP contribution in [0.25, 0.3) is 0 Å². The number of hydrogen-bond donors (Lipinski definition) is 1. The van der Waals surface area contributed by atoms with Crippen LogP contribution in [-0.4, -0.2) is 16.5 Å². The molecule has 0 aromatic carbocycles. The third-order valence-corrected chi connectivity index (χ3v) is 3.72. The van der Waals surface area contributed by atoms with Crippen molar-refractivity contribution in [3.05, 3.63) is 34.3 Å². The number of rotatable bonds is 6. The normalized spacial score (nSPS) is 11.4. The quantitative estimate of drug-likeness (QED) is 0.867. The van der Waals surface area contributed by atoms with Crippen LogP contribution in [0.4, 0.5) is 5.82 Å². The van der Waals surface area contributed by atoms with Crippen LogP contribution in [-0.2, 0) is 12.0 Å². The Morgan fingerprint density at radius 2 is 2.10 bits per heavy atom. The van der Waals surface area contributed by atoms with Crippen molar-refractivity contribution in [1.82, 2.24) is 9.97 Å². The molecule has 21 heavy (non-hydrogen) atoms. The monoisotopic (exact) mass is 305 g/mol. The summed E-state index contributed by atoms with van der Waals surface area (Å²) in [5.41, 5.74) is -0.106. The lowest BCUT2D eigenvalue weighted by atomic mass is 9.96. The van der Waals surface area contributed by atoms with Crippen molar-refractivity contribution in [2.45, 2.75) is 46.1 Å². The molecule has 1 N–H and O–H groups in total. The number of anilines is 1. The van der Waals surface area contributed by atoms with Crippen molar-refractivity contribution < 1.29 is 4.74 Å². The first-order valence-electron chi connectivity index (χ1n) is 7.27. The van der Waals surface area contributed by atoms with Gasteiger partial charge in [-0.05, 0) is 17.9 Å². The SMILES string of the molecule is CCCNc1cc(OCc2cccs2)nc(C(C)(C)C)n1. The van der Waals surface area contributed by atoms with Crippen LogP contribution in [0.5, 0.6) is 5.88 Å². The van der Waals surface area contributed by atoms with E-state index < -0.39 is 0 Å². The van der Waals surface area contributed by atoms with Gasteiger partial charge in [-0.1, -0.05) is 33.8 Å². The van der Waals surface area contributed by atoms with Gasteiger partial charge in [0.15, 0.2) is 0 Å². The fourth-order valence-corrected chi connectivity index (χ4v) is 2.33. The Bertz CT molecular complexity index is 561. The molecule has 0 saturated carbocycles. The fourth-order valence-electron chi connectivity index (χ4n) is 1.72. The van der Waals surface area contributed by atoms with E-state index in [0.29, 0.717) is 12.5 Å². The second-order valence-electron chi connectivity index (χ2n) is 5.96. The van der Waals surface area contributed by atoms with E-state index in [1.165, 1.54) is 4.88 Å². The maximum Gasteiger partial charge on any atom is 0.219 e. The third kappa shape index (κ3) is 4.70. The molecule has 2 aromatic rings. The molecule has 0 fully saturated rings.